The van der Waals surface area contributed by atoms with Gasteiger partial charge in [-0.15, -0.1) is 0 Å². The van der Waals surface area contributed by atoms with E-state index in [1.807, 2.05) is 0 Å². The molecule has 0 aromatic heterocycles. The fourth-order valence-electron chi connectivity index (χ4n) is 1.89. The highest BCUT2D eigenvalue weighted by atomic mass is 16.7. The lowest BCUT2D eigenvalue weighted by atomic mass is 10.2. The number of hydrogen-bond donors (Lipinski definition) is 1. The number of imide groups is 1. The van der Waals surface area contributed by atoms with E-state index in [0.29, 0.717) is 22.8 Å². The number of amides is 3. The minimum absolute atomic E-state index is 0.0863. The van der Waals surface area contributed by atoms with Crippen molar-refractivity contribution in [2.24, 2.45) is 5.10 Å². The zero-order valence-corrected chi connectivity index (χ0v) is 10.6. The van der Waals surface area contributed by atoms with Crippen LogP contribution in [-0.2, 0) is 4.79 Å². The van der Waals surface area contributed by atoms with Crippen LogP contribution in [0.1, 0.15) is 5.56 Å². The summed E-state index contributed by atoms with van der Waals surface area (Å²) in [5.41, 5.74) is 0.665. The first-order valence-corrected chi connectivity index (χ1v) is 5.80. The number of urea groups is 1. The molecule has 8 heteroatoms. The van der Waals surface area contributed by atoms with Crippen molar-refractivity contribution >= 4 is 18.2 Å². The topological polar surface area (TPSA) is 89.5 Å². The number of hydrogen-bond acceptors (Lipinski definition) is 6. The Labute approximate surface area is 113 Å². The van der Waals surface area contributed by atoms with E-state index in [1.54, 1.807) is 12.1 Å². The normalized spacial score (nSPS) is 16.9. The summed E-state index contributed by atoms with van der Waals surface area (Å²) in [4.78, 5) is 22.4. The Bertz CT molecular complexity index is 613. The van der Waals surface area contributed by atoms with Crippen LogP contribution in [0.25, 0.3) is 0 Å². The van der Waals surface area contributed by atoms with Crippen molar-refractivity contribution in [2.45, 2.75) is 0 Å². The highest BCUT2D eigenvalue weighted by Crippen LogP contribution is 2.41. The van der Waals surface area contributed by atoms with E-state index in [0.717, 1.165) is 5.01 Å². The van der Waals surface area contributed by atoms with E-state index in [4.69, 9.17) is 14.2 Å². The molecule has 1 aromatic carbocycles. The molecule has 20 heavy (non-hydrogen) atoms. The maximum Gasteiger partial charge on any atom is 0.344 e. The summed E-state index contributed by atoms with van der Waals surface area (Å²) in [5.74, 6) is 1.23. The van der Waals surface area contributed by atoms with Crippen LogP contribution in [0.15, 0.2) is 17.2 Å². The van der Waals surface area contributed by atoms with Gasteiger partial charge in [0.25, 0.3) is 0 Å². The standard InChI is InChI=1S/C12H11N3O5/c1-18-8-2-7(3-9-11(8)20-6-19-9)4-13-15-5-10(16)14-12(15)17/h2-4H,5-6H2,1H3,(H,14,16,17)/b13-4-. The number of carbonyl (C=O) groups excluding carboxylic acids is 2. The number of carbonyl (C=O) groups is 2. The third kappa shape index (κ3) is 2.11. The zero-order valence-electron chi connectivity index (χ0n) is 10.6. The van der Waals surface area contributed by atoms with Gasteiger partial charge in [0.2, 0.25) is 18.4 Å². The third-order valence-corrected chi connectivity index (χ3v) is 2.80. The van der Waals surface area contributed by atoms with Gasteiger partial charge in [0.05, 0.1) is 13.3 Å². The first-order valence-electron chi connectivity index (χ1n) is 5.80. The van der Waals surface area contributed by atoms with Crippen molar-refractivity contribution in [1.82, 2.24) is 10.3 Å². The fourth-order valence-corrected chi connectivity index (χ4v) is 1.89. The molecule has 0 atom stereocenters. The SMILES string of the molecule is COc1cc(/C=N\N2CC(=O)NC2=O)cc2c1OCO2. The van der Waals surface area contributed by atoms with Crippen LogP contribution in [-0.4, -0.2) is 43.6 Å². The van der Waals surface area contributed by atoms with Crippen molar-refractivity contribution in [2.75, 3.05) is 20.4 Å². The molecule has 1 saturated heterocycles. The van der Waals surface area contributed by atoms with Crippen molar-refractivity contribution < 1.29 is 23.8 Å². The van der Waals surface area contributed by atoms with Gasteiger partial charge in [0.15, 0.2) is 11.5 Å². The summed E-state index contributed by atoms with van der Waals surface area (Å²) in [6.45, 7) is 0.0480. The lowest BCUT2D eigenvalue weighted by Crippen LogP contribution is -2.24. The van der Waals surface area contributed by atoms with Crippen LogP contribution < -0.4 is 19.5 Å². The van der Waals surface area contributed by atoms with Gasteiger partial charge in [0.1, 0.15) is 6.54 Å². The maximum absolute atomic E-state index is 11.3. The molecular formula is C12H11N3O5. The molecule has 1 fully saturated rings. The molecule has 2 aliphatic heterocycles. The number of fused-ring (bicyclic) bond motifs is 1. The summed E-state index contributed by atoms with van der Waals surface area (Å²) in [6.07, 6.45) is 1.45. The van der Waals surface area contributed by atoms with Crippen molar-refractivity contribution in [3.05, 3.63) is 17.7 Å². The first-order chi connectivity index (χ1) is 9.67. The average Bonchev–Trinajstić information content (AvgIpc) is 3.01. The molecule has 2 aliphatic rings. The van der Waals surface area contributed by atoms with Gasteiger partial charge >= 0.3 is 6.03 Å². The van der Waals surface area contributed by atoms with Gasteiger partial charge in [-0.25, -0.2) is 9.80 Å². The Morgan fingerprint density at radius 1 is 1.40 bits per heavy atom. The summed E-state index contributed by atoms with van der Waals surface area (Å²) in [6, 6.07) is 2.87. The number of ether oxygens (including phenoxy) is 3. The maximum atomic E-state index is 11.3. The predicted molar refractivity (Wildman–Crippen MR) is 67.0 cm³/mol. The number of rotatable bonds is 3. The average molecular weight is 277 g/mol. The molecule has 104 valence electrons. The van der Waals surface area contributed by atoms with Gasteiger partial charge in [-0.3, -0.25) is 10.1 Å². The Morgan fingerprint density at radius 2 is 2.25 bits per heavy atom. The monoisotopic (exact) mass is 277 g/mol. The summed E-state index contributed by atoms with van der Waals surface area (Å²) in [5, 5.41) is 7.12. The van der Waals surface area contributed by atoms with E-state index < -0.39 is 6.03 Å². The van der Waals surface area contributed by atoms with E-state index in [-0.39, 0.29) is 19.2 Å². The van der Waals surface area contributed by atoms with E-state index >= 15 is 0 Å². The number of nitrogens with one attached hydrogen (secondary N) is 1. The summed E-state index contributed by atoms with van der Waals surface area (Å²) >= 11 is 0. The molecule has 0 bridgehead atoms. The Hall–Kier alpha value is -2.77. The highest BCUT2D eigenvalue weighted by Gasteiger charge is 2.26. The zero-order chi connectivity index (χ0) is 14.1. The number of methoxy groups -OCH3 is 1. The molecular weight excluding hydrogens is 266 g/mol. The van der Waals surface area contributed by atoms with Gasteiger partial charge in [-0.05, 0) is 12.1 Å². The Morgan fingerprint density at radius 3 is 2.95 bits per heavy atom. The first kappa shape index (κ1) is 12.3. The second-order valence-electron chi connectivity index (χ2n) is 4.11. The number of nitrogens with zero attached hydrogens (tertiary/aromatic N) is 2. The summed E-state index contributed by atoms with van der Waals surface area (Å²) < 4.78 is 15.7. The molecule has 1 N–H and O–H groups in total. The third-order valence-electron chi connectivity index (χ3n) is 2.80. The Kier molecular flexibility index (Phi) is 2.90. The molecule has 8 nitrogen and oxygen atoms in total. The van der Waals surface area contributed by atoms with E-state index in [9.17, 15) is 9.59 Å². The second-order valence-corrected chi connectivity index (χ2v) is 4.11. The Balaban J connectivity index is 1.84. The van der Waals surface area contributed by atoms with E-state index in [2.05, 4.69) is 10.4 Å². The molecule has 0 radical (unpaired) electrons. The molecule has 2 heterocycles. The molecule has 0 saturated carbocycles. The fraction of sp³-hybridized carbons (Fsp3) is 0.250. The van der Waals surface area contributed by atoms with E-state index in [1.165, 1.54) is 13.3 Å². The smallest absolute Gasteiger partial charge is 0.344 e. The van der Waals surface area contributed by atoms with Gasteiger partial charge < -0.3 is 14.2 Å². The largest absolute Gasteiger partial charge is 0.493 e. The van der Waals surface area contributed by atoms with Crippen LogP contribution in [0.4, 0.5) is 4.79 Å². The minimum Gasteiger partial charge on any atom is -0.493 e. The lowest BCUT2D eigenvalue weighted by molar-refractivity contribution is -0.118. The van der Waals surface area contributed by atoms with Crippen molar-refractivity contribution in [1.29, 1.82) is 0 Å². The molecule has 3 rings (SSSR count). The minimum atomic E-state index is -0.543. The molecule has 0 aliphatic carbocycles. The highest BCUT2D eigenvalue weighted by molar-refractivity contribution is 6.02. The molecule has 0 unspecified atom stereocenters. The van der Waals surface area contributed by atoms with Crippen molar-refractivity contribution in [3.63, 3.8) is 0 Å². The van der Waals surface area contributed by atoms with Crippen LogP contribution in [0.3, 0.4) is 0 Å². The molecule has 0 spiro atoms. The lowest BCUT2D eigenvalue weighted by Gasteiger charge is -2.07. The van der Waals surface area contributed by atoms with Gasteiger partial charge in [-0.2, -0.15) is 5.10 Å². The molecule has 3 amide bonds. The summed E-state index contributed by atoms with van der Waals surface area (Å²) in [7, 11) is 1.52. The van der Waals surface area contributed by atoms with Gasteiger partial charge in [0, 0.05) is 5.56 Å². The van der Waals surface area contributed by atoms with Crippen LogP contribution in [0, 0.1) is 0 Å². The number of hydrazone groups is 1. The quantitative estimate of drug-likeness (QED) is 0.634. The number of benzene rings is 1. The van der Waals surface area contributed by atoms with Gasteiger partial charge in [-0.1, -0.05) is 0 Å². The predicted octanol–water partition coefficient (Wildman–Crippen LogP) is 0.310. The van der Waals surface area contributed by atoms with Crippen LogP contribution in [0.5, 0.6) is 17.2 Å². The van der Waals surface area contributed by atoms with Crippen molar-refractivity contribution in [3.8, 4) is 17.2 Å². The molecule has 1 aromatic rings. The second kappa shape index (κ2) is 4.72. The van der Waals surface area contributed by atoms with Crippen LogP contribution >= 0.6 is 0 Å². The van der Waals surface area contributed by atoms with Crippen LogP contribution in [0.2, 0.25) is 0 Å².